The molecule has 0 aliphatic carbocycles. The monoisotopic (exact) mass is 261 g/mol. The van der Waals surface area contributed by atoms with Crippen LogP contribution < -0.4 is 11.1 Å². The zero-order valence-electron chi connectivity index (χ0n) is 10.5. The summed E-state index contributed by atoms with van der Waals surface area (Å²) in [6.45, 7) is 0.174. The quantitative estimate of drug-likeness (QED) is 0.721. The first-order chi connectivity index (χ1) is 9.20. The van der Waals surface area contributed by atoms with Gasteiger partial charge in [0.2, 0.25) is 5.91 Å². The third kappa shape index (κ3) is 3.36. The van der Waals surface area contributed by atoms with Gasteiger partial charge in [0.15, 0.2) is 5.82 Å². The number of carbonyl (C=O) groups excluding carboxylic acids is 1. The normalized spacial score (nSPS) is 12.1. The van der Waals surface area contributed by atoms with Crippen LogP contribution in [0, 0.1) is 0 Å². The maximum atomic E-state index is 11.7. The summed E-state index contributed by atoms with van der Waals surface area (Å²) >= 11 is 0. The van der Waals surface area contributed by atoms with E-state index in [2.05, 4.69) is 20.5 Å². The van der Waals surface area contributed by atoms with E-state index in [0.29, 0.717) is 11.5 Å². The number of hydrogen-bond acceptors (Lipinski definition) is 5. The minimum Gasteiger partial charge on any atom is -0.383 e. The Bertz CT molecular complexity index is 541. The molecule has 7 heteroatoms. The summed E-state index contributed by atoms with van der Waals surface area (Å²) in [5.41, 5.74) is 7.12. The molecule has 2 rings (SSSR count). The number of nitrogens with two attached hydrogens (primary N) is 1. The van der Waals surface area contributed by atoms with Crippen molar-refractivity contribution in [2.75, 3.05) is 19.0 Å². The van der Waals surface area contributed by atoms with Crippen LogP contribution in [0.2, 0.25) is 0 Å². The molecule has 7 nitrogen and oxygen atoms in total. The Morgan fingerprint density at radius 3 is 3.11 bits per heavy atom. The fourth-order valence-electron chi connectivity index (χ4n) is 1.58. The molecule has 1 aromatic heterocycles. The zero-order chi connectivity index (χ0) is 13.7. The van der Waals surface area contributed by atoms with Gasteiger partial charge < -0.3 is 15.8 Å². The topological polar surface area (TPSA) is 106 Å². The van der Waals surface area contributed by atoms with Gasteiger partial charge in [0, 0.05) is 18.4 Å². The number of nitrogens with one attached hydrogen (secondary N) is 2. The Morgan fingerprint density at radius 1 is 1.58 bits per heavy atom. The van der Waals surface area contributed by atoms with Gasteiger partial charge in [-0.2, -0.15) is 5.10 Å². The summed E-state index contributed by atoms with van der Waals surface area (Å²) in [5, 5.41) is 9.26. The van der Waals surface area contributed by atoms with Gasteiger partial charge in [-0.05, 0) is 12.1 Å². The number of aromatic amines is 1. The molecule has 2 aromatic rings. The van der Waals surface area contributed by atoms with E-state index in [-0.39, 0.29) is 12.5 Å². The van der Waals surface area contributed by atoms with Crippen molar-refractivity contribution in [2.24, 2.45) is 5.73 Å². The average molecular weight is 261 g/mol. The fourth-order valence-corrected chi connectivity index (χ4v) is 1.58. The van der Waals surface area contributed by atoms with Crippen molar-refractivity contribution in [1.29, 1.82) is 0 Å². The lowest BCUT2D eigenvalue weighted by Gasteiger charge is -2.11. The van der Waals surface area contributed by atoms with Crippen molar-refractivity contribution in [3.63, 3.8) is 0 Å². The molecule has 1 aromatic carbocycles. The molecule has 0 saturated heterocycles. The van der Waals surface area contributed by atoms with Crippen LogP contribution in [0.4, 0.5) is 5.69 Å². The summed E-state index contributed by atoms with van der Waals surface area (Å²) in [5.74, 6) is 0.342. The van der Waals surface area contributed by atoms with Gasteiger partial charge in [0.1, 0.15) is 12.4 Å². The van der Waals surface area contributed by atoms with Crippen LogP contribution in [0.1, 0.15) is 0 Å². The molecule has 1 amide bonds. The van der Waals surface area contributed by atoms with Crippen LogP contribution in [0.25, 0.3) is 11.4 Å². The van der Waals surface area contributed by atoms with Crippen molar-refractivity contribution in [1.82, 2.24) is 15.2 Å². The molecule has 0 aliphatic rings. The molecular weight excluding hydrogens is 246 g/mol. The summed E-state index contributed by atoms with van der Waals surface area (Å²) in [6.07, 6.45) is 1.43. The van der Waals surface area contributed by atoms with E-state index in [0.717, 1.165) is 5.56 Å². The number of nitrogens with zero attached hydrogens (tertiary/aromatic N) is 2. The minimum atomic E-state index is -0.695. The lowest BCUT2D eigenvalue weighted by Crippen LogP contribution is -2.39. The van der Waals surface area contributed by atoms with E-state index in [1.54, 1.807) is 12.1 Å². The van der Waals surface area contributed by atoms with Gasteiger partial charge in [-0.1, -0.05) is 12.1 Å². The Labute approximate surface area is 110 Å². The van der Waals surface area contributed by atoms with Crippen LogP contribution in [0.5, 0.6) is 0 Å². The van der Waals surface area contributed by atoms with Crippen molar-refractivity contribution in [3.8, 4) is 11.4 Å². The SMILES string of the molecule is COCC(N)C(=O)Nc1cccc(-c2ncn[nH]2)c1. The maximum absolute atomic E-state index is 11.7. The molecule has 4 N–H and O–H groups in total. The highest BCUT2D eigenvalue weighted by Gasteiger charge is 2.13. The Morgan fingerprint density at radius 2 is 2.42 bits per heavy atom. The summed E-state index contributed by atoms with van der Waals surface area (Å²) in [6, 6.07) is 6.55. The molecule has 0 aliphatic heterocycles. The third-order valence-electron chi connectivity index (χ3n) is 2.50. The molecule has 0 spiro atoms. The standard InChI is InChI=1S/C12H15N5O2/c1-19-6-10(13)12(18)16-9-4-2-3-8(5-9)11-14-7-15-17-11/h2-5,7,10H,6,13H2,1H3,(H,16,18)(H,14,15,17). The third-order valence-corrected chi connectivity index (χ3v) is 2.50. The van der Waals surface area contributed by atoms with Crippen LogP contribution in [0.15, 0.2) is 30.6 Å². The molecule has 0 fully saturated rings. The Balaban J connectivity index is 2.09. The molecular formula is C12H15N5O2. The Hall–Kier alpha value is -2.25. The average Bonchev–Trinajstić information content (AvgIpc) is 2.93. The van der Waals surface area contributed by atoms with Crippen molar-refractivity contribution < 1.29 is 9.53 Å². The molecule has 1 heterocycles. The van der Waals surface area contributed by atoms with E-state index in [1.165, 1.54) is 13.4 Å². The van der Waals surface area contributed by atoms with Crippen molar-refractivity contribution in [2.45, 2.75) is 6.04 Å². The molecule has 0 saturated carbocycles. The van der Waals surface area contributed by atoms with Crippen LogP contribution in [-0.2, 0) is 9.53 Å². The van der Waals surface area contributed by atoms with Gasteiger partial charge in [-0.25, -0.2) is 4.98 Å². The number of amides is 1. The second-order valence-electron chi connectivity index (χ2n) is 3.97. The molecule has 19 heavy (non-hydrogen) atoms. The highest BCUT2D eigenvalue weighted by Crippen LogP contribution is 2.18. The number of carbonyl (C=O) groups is 1. The molecule has 1 atom stereocenters. The molecule has 0 radical (unpaired) electrons. The maximum Gasteiger partial charge on any atom is 0.243 e. The van der Waals surface area contributed by atoms with Gasteiger partial charge >= 0.3 is 0 Å². The highest BCUT2D eigenvalue weighted by molar-refractivity contribution is 5.95. The number of methoxy groups -OCH3 is 1. The summed E-state index contributed by atoms with van der Waals surface area (Å²) in [7, 11) is 1.50. The smallest absolute Gasteiger partial charge is 0.243 e. The second kappa shape index (κ2) is 6.07. The number of rotatable bonds is 5. The Kier molecular flexibility index (Phi) is 4.22. The fraction of sp³-hybridized carbons (Fsp3) is 0.250. The van der Waals surface area contributed by atoms with Crippen LogP contribution >= 0.6 is 0 Å². The van der Waals surface area contributed by atoms with E-state index in [9.17, 15) is 4.79 Å². The van der Waals surface area contributed by atoms with E-state index in [4.69, 9.17) is 10.5 Å². The first-order valence-electron chi connectivity index (χ1n) is 5.72. The number of benzene rings is 1. The van der Waals surface area contributed by atoms with Crippen LogP contribution in [-0.4, -0.2) is 40.8 Å². The minimum absolute atomic E-state index is 0.174. The molecule has 0 bridgehead atoms. The predicted octanol–water partition coefficient (Wildman–Crippen LogP) is 0.384. The lowest BCUT2D eigenvalue weighted by molar-refractivity contribution is -0.118. The zero-order valence-corrected chi connectivity index (χ0v) is 10.5. The largest absolute Gasteiger partial charge is 0.383 e. The number of aromatic nitrogens is 3. The number of ether oxygens (including phenoxy) is 1. The molecule has 1 unspecified atom stereocenters. The number of H-pyrrole nitrogens is 1. The van der Waals surface area contributed by atoms with E-state index >= 15 is 0 Å². The second-order valence-corrected chi connectivity index (χ2v) is 3.97. The van der Waals surface area contributed by atoms with E-state index < -0.39 is 6.04 Å². The van der Waals surface area contributed by atoms with Gasteiger partial charge in [0.05, 0.1) is 6.61 Å². The summed E-state index contributed by atoms with van der Waals surface area (Å²) in [4.78, 5) is 15.8. The van der Waals surface area contributed by atoms with Gasteiger partial charge in [-0.3, -0.25) is 9.89 Å². The van der Waals surface area contributed by atoms with E-state index in [1.807, 2.05) is 12.1 Å². The molecule has 100 valence electrons. The first kappa shape index (κ1) is 13.2. The van der Waals surface area contributed by atoms with Gasteiger partial charge in [-0.15, -0.1) is 0 Å². The lowest BCUT2D eigenvalue weighted by atomic mass is 10.2. The summed E-state index contributed by atoms with van der Waals surface area (Å²) < 4.78 is 4.84. The van der Waals surface area contributed by atoms with Crippen molar-refractivity contribution >= 4 is 11.6 Å². The highest BCUT2D eigenvalue weighted by atomic mass is 16.5. The predicted molar refractivity (Wildman–Crippen MR) is 70.3 cm³/mol. The van der Waals surface area contributed by atoms with Gasteiger partial charge in [0.25, 0.3) is 0 Å². The number of anilines is 1. The first-order valence-corrected chi connectivity index (χ1v) is 5.72. The van der Waals surface area contributed by atoms with Crippen LogP contribution in [0.3, 0.4) is 0 Å². The van der Waals surface area contributed by atoms with Crippen molar-refractivity contribution in [3.05, 3.63) is 30.6 Å². The number of hydrogen-bond donors (Lipinski definition) is 3.